The topological polar surface area (TPSA) is 36.9 Å². The summed E-state index contributed by atoms with van der Waals surface area (Å²) in [7, 11) is 0. The third-order valence-corrected chi connectivity index (χ3v) is 5.33. The van der Waals surface area contributed by atoms with Gasteiger partial charge in [-0.15, -0.1) is 24.0 Å². The molecule has 2 heterocycles. The van der Waals surface area contributed by atoms with E-state index in [1.807, 2.05) is 0 Å². The number of ether oxygens (including phenoxy) is 1. The summed E-state index contributed by atoms with van der Waals surface area (Å²) in [5.41, 5.74) is 0. The van der Waals surface area contributed by atoms with Gasteiger partial charge >= 0.3 is 0 Å². The van der Waals surface area contributed by atoms with Gasteiger partial charge in [-0.2, -0.15) is 0 Å². The molecule has 1 aliphatic carbocycles. The first-order valence-electron chi connectivity index (χ1n) is 9.01. The highest BCUT2D eigenvalue weighted by Gasteiger charge is 2.35. The van der Waals surface area contributed by atoms with Gasteiger partial charge in [0, 0.05) is 26.2 Å². The molecule has 0 amide bonds. The molecule has 3 fully saturated rings. The highest BCUT2D eigenvalue weighted by Crippen LogP contribution is 2.35. The van der Waals surface area contributed by atoms with E-state index in [-0.39, 0.29) is 24.0 Å². The van der Waals surface area contributed by atoms with Gasteiger partial charge in [0.15, 0.2) is 5.96 Å². The Hall–Kier alpha value is -0.0400. The van der Waals surface area contributed by atoms with Crippen molar-refractivity contribution in [2.24, 2.45) is 16.8 Å². The molecule has 2 saturated heterocycles. The number of fused-ring (bicyclic) bond motifs is 1. The fraction of sp³-hybridized carbons (Fsp3) is 0.941. The van der Waals surface area contributed by atoms with E-state index in [9.17, 15) is 0 Å². The van der Waals surface area contributed by atoms with Crippen molar-refractivity contribution < 1.29 is 4.74 Å². The van der Waals surface area contributed by atoms with Crippen LogP contribution in [0.25, 0.3) is 0 Å². The molecule has 1 N–H and O–H groups in total. The molecule has 128 valence electrons. The number of rotatable bonds is 3. The summed E-state index contributed by atoms with van der Waals surface area (Å²) in [4.78, 5) is 7.39. The molecule has 5 heteroatoms. The summed E-state index contributed by atoms with van der Waals surface area (Å²) in [5, 5.41) is 3.49. The standard InChI is InChI=1S/C17H31N3O.HI/c1-2-18-17(19-11-16-9-5-6-10-21-16)20-12-14-7-3-4-8-15(14)13-20;/h14-16H,2-13H2,1H3,(H,18,19);1H. The minimum atomic E-state index is 0. The van der Waals surface area contributed by atoms with Crippen molar-refractivity contribution in [3.63, 3.8) is 0 Å². The number of hydrogen-bond donors (Lipinski definition) is 1. The molecule has 0 aromatic rings. The minimum Gasteiger partial charge on any atom is -0.376 e. The van der Waals surface area contributed by atoms with Crippen LogP contribution >= 0.6 is 24.0 Å². The van der Waals surface area contributed by atoms with E-state index >= 15 is 0 Å². The largest absolute Gasteiger partial charge is 0.376 e. The molecule has 0 bridgehead atoms. The van der Waals surface area contributed by atoms with Gasteiger partial charge in [-0.25, -0.2) is 0 Å². The lowest BCUT2D eigenvalue weighted by Crippen LogP contribution is -2.41. The Balaban J connectivity index is 0.00000176. The normalized spacial score (nSPS) is 32.3. The van der Waals surface area contributed by atoms with Crippen molar-refractivity contribution in [2.45, 2.75) is 58.0 Å². The monoisotopic (exact) mass is 421 g/mol. The van der Waals surface area contributed by atoms with Gasteiger partial charge in [-0.05, 0) is 50.9 Å². The molecule has 3 atom stereocenters. The molecule has 22 heavy (non-hydrogen) atoms. The minimum absolute atomic E-state index is 0. The number of likely N-dealkylation sites (tertiary alicyclic amines) is 1. The van der Waals surface area contributed by atoms with Crippen LogP contribution in [0.5, 0.6) is 0 Å². The van der Waals surface area contributed by atoms with Crippen LogP contribution in [0.4, 0.5) is 0 Å². The van der Waals surface area contributed by atoms with Crippen molar-refractivity contribution in [3.8, 4) is 0 Å². The summed E-state index contributed by atoms with van der Waals surface area (Å²) < 4.78 is 5.81. The maximum atomic E-state index is 5.81. The van der Waals surface area contributed by atoms with Crippen LogP contribution in [0.3, 0.4) is 0 Å². The molecule has 0 aromatic heterocycles. The van der Waals surface area contributed by atoms with Crippen molar-refractivity contribution in [2.75, 3.05) is 32.8 Å². The van der Waals surface area contributed by atoms with E-state index in [1.54, 1.807) is 0 Å². The van der Waals surface area contributed by atoms with E-state index in [1.165, 1.54) is 58.0 Å². The van der Waals surface area contributed by atoms with Crippen molar-refractivity contribution in [3.05, 3.63) is 0 Å². The summed E-state index contributed by atoms with van der Waals surface area (Å²) >= 11 is 0. The zero-order chi connectivity index (χ0) is 14.5. The maximum absolute atomic E-state index is 5.81. The Kier molecular flexibility index (Phi) is 7.74. The molecule has 0 aromatic carbocycles. The molecule has 2 aliphatic heterocycles. The number of guanidine groups is 1. The van der Waals surface area contributed by atoms with E-state index in [4.69, 9.17) is 9.73 Å². The summed E-state index contributed by atoms with van der Waals surface area (Å²) in [6.07, 6.45) is 9.74. The van der Waals surface area contributed by atoms with Crippen LogP contribution in [-0.4, -0.2) is 49.7 Å². The average Bonchev–Trinajstić information content (AvgIpc) is 2.96. The van der Waals surface area contributed by atoms with Crippen LogP contribution in [0.15, 0.2) is 4.99 Å². The van der Waals surface area contributed by atoms with Crippen LogP contribution < -0.4 is 5.32 Å². The molecule has 0 spiro atoms. The van der Waals surface area contributed by atoms with E-state index in [0.29, 0.717) is 6.10 Å². The third-order valence-electron chi connectivity index (χ3n) is 5.33. The highest BCUT2D eigenvalue weighted by atomic mass is 127. The van der Waals surface area contributed by atoms with E-state index < -0.39 is 0 Å². The molecule has 4 nitrogen and oxygen atoms in total. The molecule has 1 saturated carbocycles. The van der Waals surface area contributed by atoms with Gasteiger partial charge in [-0.1, -0.05) is 12.8 Å². The van der Waals surface area contributed by atoms with Crippen molar-refractivity contribution >= 4 is 29.9 Å². The van der Waals surface area contributed by atoms with Crippen molar-refractivity contribution in [1.82, 2.24) is 10.2 Å². The van der Waals surface area contributed by atoms with Gasteiger partial charge in [0.1, 0.15) is 0 Å². The molecule has 3 unspecified atom stereocenters. The average molecular weight is 421 g/mol. The van der Waals surface area contributed by atoms with Crippen LogP contribution in [-0.2, 0) is 4.74 Å². The van der Waals surface area contributed by atoms with Gasteiger partial charge in [0.25, 0.3) is 0 Å². The quantitative estimate of drug-likeness (QED) is 0.432. The lowest BCUT2D eigenvalue weighted by Gasteiger charge is -2.24. The van der Waals surface area contributed by atoms with Gasteiger partial charge in [-0.3, -0.25) is 4.99 Å². The zero-order valence-electron chi connectivity index (χ0n) is 13.9. The maximum Gasteiger partial charge on any atom is 0.194 e. The number of nitrogens with zero attached hydrogens (tertiary/aromatic N) is 2. The van der Waals surface area contributed by atoms with E-state index in [2.05, 4.69) is 17.1 Å². The molecule has 3 rings (SSSR count). The fourth-order valence-corrected chi connectivity index (χ4v) is 4.14. The lowest BCUT2D eigenvalue weighted by molar-refractivity contribution is 0.0223. The van der Waals surface area contributed by atoms with Gasteiger partial charge in [0.05, 0.1) is 12.6 Å². The second-order valence-corrected chi connectivity index (χ2v) is 6.89. The Morgan fingerprint density at radius 2 is 1.77 bits per heavy atom. The first kappa shape index (κ1) is 18.3. The first-order chi connectivity index (χ1) is 10.4. The lowest BCUT2D eigenvalue weighted by atomic mass is 9.82. The Morgan fingerprint density at radius 3 is 2.36 bits per heavy atom. The highest BCUT2D eigenvalue weighted by molar-refractivity contribution is 14.0. The second-order valence-electron chi connectivity index (χ2n) is 6.89. The van der Waals surface area contributed by atoms with E-state index in [0.717, 1.165) is 37.5 Å². The molecule has 0 radical (unpaired) electrons. The van der Waals surface area contributed by atoms with Gasteiger partial charge in [0.2, 0.25) is 0 Å². The Bertz CT molecular complexity index is 344. The number of halogens is 1. The van der Waals surface area contributed by atoms with Crippen LogP contribution in [0.1, 0.15) is 51.9 Å². The molecular weight excluding hydrogens is 389 g/mol. The second kappa shape index (κ2) is 9.30. The summed E-state index contributed by atoms with van der Waals surface area (Å²) in [6.45, 7) is 7.29. The smallest absolute Gasteiger partial charge is 0.194 e. The molecular formula is C17H32IN3O. The predicted molar refractivity (Wildman–Crippen MR) is 102 cm³/mol. The first-order valence-corrected chi connectivity index (χ1v) is 9.01. The van der Waals surface area contributed by atoms with Crippen LogP contribution in [0, 0.1) is 11.8 Å². The summed E-state index contributed by atoms with van der Waals surface area (Å²) in [5.74, 6) is 2.95. The SMILES string of the molecule is CCNC(=NCC1CCCCO1)N1CC2CCCCC2C1.I. The Labute approximate surface area is 152 Å². The summed E-state index contributed by atoms with van der Waals surface area (Å²) in [6, 6.07) is 0. The van der Waals surface area contributed by atoms with Crippen LogP contribution in [0.2, 0.25) is 0 Å². The fourth-order valence-electron chi connectivity index (χ4n) is 4.14. The van der Waals surface area contributed by atoms with Gasteiger partial charge < -0.3 is 15.0 Å². The van der Waals surface area contributed by atoms with Crippen molar-refractivity contribution in [1.29, 1.82) is 0 Å². The number of nitrogens with one attached hydrogen (secondary N) is 1. The number of hydrogen-bond acceptors (Lipinski definition) is 2. The molecule has 3 aliphatic rings. The Morgan fingerprint density at radius 1 is 1.09 bits per heavy atom. The third kappa shape index (κ3) is 4.73. The predicted octanol–water partition coefficient (Wildman–Crippen LogP) is 3.26. The number of aliphatic imine (C=N–C) groups is 1. The zero-order valence-corrected chi connectivity index (χ0v) is 16.3.